The molecule has 0 aromatic heterocycles. The van der Waals surface area contributed by atoms with Gasteiger partial charge < -0.3 is 10.1 Å². The number of benzene rings is 2. The number of rotatable bonds is 4. The van der Waals surface area contributed by atoms with Crippen LogP contribution in [0.25, 0.3) is 0 Å². The van der Waals surface area contributed by atoms with Gasteiger partial charge in [0.2, 0.25) is 0 Å². The molecule has 0 radical (unpaired) electrons. The van der Waals surface area contributed by atoms with Gasteiger partial charge in [0.05, 0.1) is 10.7 Å². The Kier molecular flexibility index (Phi) is 5.51. The Labute approximate surface area is 141 Å². The van der Waals surface area contributed by atoms with Crippen molar-refractivity contribution in [2.24, 2.45) is 0 Å². The Hall–Kier alpha value is -1.23. The molecule has 1 amide bonds. The van der Waals surface area contributed by atoms with Crippen LogP contribution in [0.15, 0.2) is 46.9 Å². The molecule has 2 aromatic carbocycles. The van der Waals surface area contributed by atoms with Gasteiger partial charge in [-0.25, -0.2) is 0 Å². The predicted molar refractivity (Wildman–Crippen MR) is 89.3 cm³/mol. The molecule has 0 heterocycles. The van der Waals surface area contributed by atoms with E-state index in [1.54, 1.807) is 49.4 Å². The smallest absolute Gasteiger partial charge is 0.265 e. The number of hydrogen-bond donors (Lipinski definition) is 1. The van der Waals surface area contributed by atoms with Crippen LogP contribution in [0.5, 0.6) is 5.75 Å². The summed E-state index contributed by atoms with van der Waals surface area (Å²) in [6.45, 7) is 1.66. The van der Waals surface area contributed by atoms with E-state index in [0.717, 1.165) is 4.47 Å². The maximum absolute atomic E-state index is 12.1. The fourth-order valence-corrected chi connectivity index (χ4v) is 2.44. The third-order valence-corrected chi connectivity index (χ3v) is 3.74. The van der Waals surface area contributed by atoms with Gasteiger partial charge in [-0.2, -0.15) is 0 Å². The van der Waals surface area contributed by atoms with E-state index in [1.807, 2.05) is 0 Å². The van der Waals surface area contributed by atoms with Gasteiger partial charge in [-0.1, -0.05) is 39.1 Å². The van der Waals surface area contributed by atoms with Crippen LogP contribution in [0.3, 0.4) is 0 Å². The minimum atomic E-state index is -0.661. The third kappa shape index (κ3) is 4.63. The van der Waals surface area contributed by atoms with E-state index in [2.05, 4.69) is 21.2 Å². The lowest BCUT2D eigenvalue weighted by molar-refractivity contribution is -0.122. The van der Waals surface area contributed by atoms with Crippen LogP contribution in [0.4, 0.5) is 5.69 Å². The van der Waals surface area contributed by atoms with Gasteiger partial charge in [-0.05, 0) is 49.4 Å². The molecule has 21 heavy (non-hydrogen) atoms. The summed E-state index contributed by atoms with van der Waals surface area (Å²) >= 11 is 15.2. The van der Waals surface area contributed by atoms with Gasteiger partial charge in [-0.15, -0.1) is 0 Å². The zero-order valence-electron chi connectivity index (χ0n) is 11.1. The van der Waals surface area contributed by atoms with E-state index < -0.39 is 6.10 Å². The van der Waals surface area contributed by atoms with Gasteiger partial charge in [0, 0.05) is 9.50 Å². The average molecular weight is 389 g/mol. The number of carbonyl (C=O) groups is 1. The molecular weight excluding hydrogens is 377 g/mol. The van der Waals surface area contributed by atoms with Crippen LogP contribution in [0.1, 0.15) is 6.92 Å². The van der Waals surface area contributed by atoms with Gasteiger partial charge in [0.15, 0.2) is 6.10 Å². The highest BCUT2D eigenvalue weighted by Gasteiger charge is 2.16. The van der Waals surface area contributed by atoms with E-state index in [4.69, 9.17) is 27.9 Å². The Bertz CT molecular complexity index is 647. The van der Waals surface area contributed by atoms with Crippen molar-refractivity contribution in [1.29, 1.82) is 0 Å². The van der Waals surface area contributed by atoms with Crippen molar-refractivity contribution in [2.75, 3.05) is 5.32 Å². The first-order valence-corrected chi connectivity index (χ1v) is 7.69. The number of anilines is 1. The molecule has 0 spiro atoms. The molecule has 2 aromatic rings. The van der Waals surface area contributed by atoms with Crippen LogP contribution < -0.4 is 10.1 Å². The topological polar surface area (TPSA) is 38.3 Å². The Morgan fingerprint density at radius 2 is 1.86 bits per heavy atom. The number of halogens is 3. The van der Waals surface area contributed by atoms with Crippen molar-refractivity contribution >= 4 is 50.7 Å². The molecule has 3 nitrogen and oxygen atoms in total. The van der Waals surface area contributed by atoms with Gasteiger partial charge >= 0.3 is 0 Å². The predicted octanol–water partition coefficient (Wildman–Crippen LogP) is 5.16. The van der Waals surface area contributed by atoms with Crippen molar-refractivity contribution in [2.45, 2.75) is 13.0 Å². The van der Waals surface area contributed by atoms with E-state index in [9.17, 15) is 4.79 Å². The number of ether oxygens (including phenoxy) is 1. The summed E-state index contributed by atoms with van der Waals surface area (Å²) in [4.78, 5) is 12.1. The maximum Gasteiger partial charge on any atom is 0.265 e. The summed E-state index contributed by atoms with van der Waals surface area (Å²) in [7, 11) is 0. The summed E-state index contributed by atoms with van der Waals surface area (Å²) < 4.78 is 6.39. The lowest BCUT2D eigenvalue weighted by atomic mass is 10.3. The number of amides is 1. The minimum absolute atomic E-state index is 0.283. The largest absolute Gasteiger partial charge is 0.481 e. The summed E-state index contributed by atoms with van der Waals surface area (Å²) in [6.07, 6.45) is -0.661. The standard InChI is InChI=1S/C15H12BrCl2NO2/c1-9(21-12-5-3-11(17)4-6-12)15(20)19-14-7-2-10(16)8-13(14)18/h2-9H,1H3,(H,19,20). The van der Waals surface area contributed by atoms with Crippen LogP contribution in [0, 0.1) is 0 Å². The fraction of sp³-hybridized carbons (Fsp3) is 0.133. The fourth-order valence-electron chi connectivity index (χ4n) is 1.60. The molecule has 0 saturated heterocycles. The molecule has 110 valence electrons. The van der Waals surface area contributed by atoms with Crippen LogP contribution in [-0.2, 0) is 4.79 Å². The van der Waals surface area contributed by atoms with E-state index >= 15 is 0 Å². The molecule has 1 N–H and O–H groups in total. The Morgan fingerprint density at radius 1 is 1.19 bits per heavy atom. The number of nitrogens with one attached hydrogen (secondary N) is 1. The molecule has 0 fully saturated rings. The highest BCUT2D eigenvalue weighted by atomic mass is 79.9. The Balaban J connectivity index is 2.00. The molecule has 1 unspecified atom stereocenters. The molecule has 6 heteroatoms. The number of carbonyl (C=O) groups excluding carboxylic acids is 1. The van der Waals surface area contributed by atoms with Crippen molar-refractivity contribution in [3.05, 3.63) is 57.0 Å². The summed E-state index contributed by atoms with van der Waals surface area (Å²) in [5.74, 6) is 0.290. The second kappa shape index (κ2) is 7.16. The van der Waals surface area contributed by atoms with Crippen molar-refractivity contribution < 1.29 is 9.53 Å². The van der Waals surface area contributed by atoms with Crippen molar-refractivity contribution in [3.8, 4) is 5.75 Å². The molecule has 0 aliphatic carbocycles. The van der Waals surface area contributed by atoms with Gasteiger partial charge in [0.25, 0.3) is 5.91 Å². The second-order valence-electron chi connectivity index (χ2n) is 4.33. The maximum atomic E-state index is 12.1. The number of hydrogen-bond acceptors (Lipinski definition) is 2. The van der Waals surface area contributed by atoms with Crippen LogP contribution in [0.2, 0.25) is 10.0 Å². The second-order valence-corrected chi connectivity index (χ2v) is 6.09. The van der Waals surface area contributed by atoms with E-state index in [-0.39, 0.29) is 5.91 Å². The molecule has 2 rings (SSSR count). The summed E-state index contributed by atoms with van der Waals surface area (Å²) in [6, 6.07) is 12.0. The third-order valence-electron chi connectivity index (χ3n) is 2.68. The highest BCUT2D eigenvalue weighted by Crippen LogP contribution is 2.26. The van der Waals surface area contributed by atoms with Gasteiger partial charge in [-0.3, -0.25) is 4.79 Å². The lowest BCUT2D eigenvalue weighted by Gasteiger charge is -2.15. The molecule has 0 saturated carbocycles. The molecule has 0 aliphatic heterocycles. The zero-order valence-corrected chi connectivity index (χ0v) is 14.2. The summed E-state index contributed by atoms with van der Waals surface area (Å²) in [5, 5.41) is 3.79. The Morgan fingerprint density at radius 3 is 2.48 bits per heavy atom. The van der Waals surface area contributed by atoms with E-state index in [0.29, 0.717) is 21.5 Å². The zero-order chi connectivity index (χ0) is 15.4. The first-order valence-electron chi connectivity index (χ1n) is 6.14. The first-order chi connectivity index (χ1) is 9.95. The average Bonchev–Trinajstić information content (AvgIpc) is 2.44. The van der Waals surface area contributed by atoms with Crippen molar-refractivity contribution in [3.63, 3.8) is 0 Å². The molecule has 1 atom stereocenters. The van der Waals surface area contributed by atoms with Gasteiger partial charge in [0.1, 0.15) is 5.75 Å². The van der Waals surface area contributed by atoms with E-state index in [1.165, 1.54) is 0 Å². The molecule has 0 bridgehead atoms. The quantitative estimate of drug-likeness (QED) is 0.785. The monoisotopic (exact) mass is 387 g/mol. The minimum Gasteiger partial charge on any atom is -0.481 e. The van der Waals surface area contributed by atoms with Crippen LogP contribution >= 0.6 is 39.1 Å². The SMILES string of the molecule is CC(Oc1ccc(Cl)cc1)C(=O)Nc1ccc(Br)cc1Cl. The first kappa shape index (κ1) is 16.1. The lowest BCUT2D eigenvalue weighted by Crippen LogP contribution is -2.30. The van der Waals surface area contributed by atoms with Crippen molar-refractivity contribution in [1.82, 2.24) is 0 Å². The molecular formula is C15H12BrCl2NO2. The summed E-state index contributed by atoms with van der Waals surface area (Å²) in [5.41, 5.74) is 0.538. The normalized spacial score (nSPS) is 11.8. The highest BCUT2D eigenvalue weighted by molar-refractivity contribution is 9.10. The van der Waals surface area contributed by atoms with Crippen LogP contribution in [-0.4, -0.2) is 12.0 Å². The molecule has 0 aliphatic rings.